The molecule has 2 nitrogen and oxygen atoms in total. The van der Waals surface area contributed by atoms with E-state index in [4.69, 9.17) is 4.74 Å². The van der Waals surface area contributed by atoms with Crippen molar-refractivity contribution < 1.29 is 4.74 Å². The minimum absolute atomic E-state index is 0.538. The molecule has 1 aromatic carbocycles. The van der Waals surface area contributed by atoms with Crippen LogP contribution in [-0.4, -0.2) is 26.8 Å². The molecule has 0 amide bonds. The highest BCUT2D eigenvalue weighted by Gasteiger charge is 2.26. The zero-order valence-electron chi connectivity index (χ0n) is 10.9. The molecule has 2 heteroatoms. The van der Waals surface area contributed by atoms with Crippen molar-refractivity contribution in [2.24, 2.45) is 0 Å². The van der Waals surface area contributed by atoms with E-state index < -0.39 is 0 Å². The maximum Gasteiger partial charge on any atom is 0.0477 e. The molecule has 2 rings (SSSR count). The van der Waals surface area contributed by atoms with Crippen LogP contribution in [0.5, 0.6) is 0 Å². The topological polar surface area (TPSA) is 21.3 Å². The normalized spacial score (nSPS) is 20.9. The number of ether oxygens (including phenoxy) is 1. The third-order valence-corrected chi connectivity index (χ3v) is 3.91. The van der Waals surface area contributed by atoms with Crippen LogP contribution in [0.25, 0.3) is 0 Å². The summed E-state index contributed by atoms with van der Waals surface area (Å²) in [5.74, 6) is 0.653. The quantitative estimate of drug-likeness (QED) is 0.844. The van der Waals surface area contributed by atoms with Gasteiger partial charge >= 0.3 is 0 Å². The molecule has 0 fully saturated rings. The van der Waals surface area contributed by atoms with Crippen molar-refractivity contribution in [2.45, 2.75) is 37.6 Å². The molecule has 2 atom stereocenters. The summed E-state index contributed by atoms with van der Waals surface area (Å²) in [5.41, 5.74) is 3.09. The standard InChI is InChI=1S/C15H23NO/c1-16-15(10-11-17-2)14-9-5-7-12-6-3-4-8-13(12)14/h3-4,6,8,14-16H,5,7,9-11H2,1-2H3. The molecular formula is C15H23NO. The Morgan fingerprint density at radius 3 is 3.00 bits per heavy atom. The summed E-state index contributed by atoms with van der Waals surface area (Å²) in [4.78, 5) is 0. The predicted molar refractivity (Wildman–Crippen MR) is 71.5 cm³/mol. The first kappa shape index (κ1) is 12.6. The molecule has 0 bridgehead atoms. The van der Waals surface area contributed by atoms with Crippen molar-refractivity contribution in [2.75, 3.05) is 20.8 Å². The molecule has 0 radical (unpaired) electrons. The van der Waals surface area contributed by atoms with Crippen molar-refractivity contribution in [1.82, 2.24) is 5.32 Å². The van der Waals surface area contributed by atoms with Gasteiger partial charge in [-0.05, 0) is 49.8 Å². The number of benzene rings is 1. The summed E-state index contributed by atoms with van der Waals surface area (Å²) >= 11 is 0. The third-order valence-electron chi connectivity index (χ3n) is 3.91. The smallest absolute Gasteiger partial charge is 0.0477 e. The SMILES string of the molecule is CNC(CCOC)C1CCCc2ccccc21. The Balaban J connectivity index is 2.15. The van der Waals surface area contributed by atoms with Crippen LogP contribution in [0.1, 0.15) is 36.3 Å². The average molecular weight is 233 g/mol. The maximum atomic E-state index is 5.21. The lowest BCUT2D eigenvalue weighted by molar-refractivity contribution is 0.177. The number of hydrogen-bond acceptors (Lipinski definition) is 2. The van der Waals surface area contributed by atoms with E-state index in [1.165, 1.54) is 19.3 Å². The Morgan fingerprint density at radius 1 is 1.41 bits per heavy atom. The summed E-state index contributed by atoms with van der Waals surface area (Å²) in [6, 6.07) is 9.45. The van der Waals surface area contributed by atoms with Gasteiger partial charge in [0.25, 0.3) is 0 Å². The van der Waals surface area contributed by atoms with Gasteiger partial charge in [-0.15, -0.1) is 0 Å². The Kier molecular flexibility index (Phi) is 4.57. The molecule has 1 aliphatic rings. The first-order valence-electron chi connectivity index (χ1n) is 6.61. The molecule has 0 saturated carbocycles. The van der Waals surface area contributed by atoms with Crippen LogP contribution in [-0.2, 0) is 11.2 Å². The molecule has 0 saturated heterocycles. The molecule has 0 aromatic heterocycles. The number of aryl methyl sites for hydroxylation is 1. The fourth-order valence-electron chi connectivity index (χ4n) is 3.00. The molecule has 0 spiro atoms. The van der Waals surface area contributed by atoms with Crippen LogP contribution in [0, 0.1) is 0 Å². The van der Waals surface area contributed by atoms with Crippen LogP contribution < -0.4 is 5.32 Å². The van der Waals surface area contributed by atoms with Crippen LogP contribution >= 0.6 is 0 Å². The van der Waals surface area contributed by atoms with Gasteiger partial charge in [0.05, 0.1) is 0 Å². The van der Waals surface area contributed by atoms with E-state index >= 15 is 0 Å². The van der Waals surface area contributed by atoms with Gasteiger partial charge in [0.2, 0.25) is 0 Å². The van der Waals surface area contributed by atoms with E-state index in [2.05, 4.69) is 36.6 Å². The van der Waals surface area contributed by atoms with Crippen molar-refractivity contribution in [1.29, 1.82) is 0 Å². The van der Waals surface area contributed by atoms with Crippen LogP contribution in [0.3, 0.4) is 0 Å². The minimum Gasteiger partial charge on any atom is -0.385 e. The monoisotopic (exact) mass is 233 g/mol. The lowest BCUT2D eigenvalue weighted by Crippen LogP contribution is -2.35. The van der Waals surface area contributed by atoms with Crippen molar-refractivity contribution in [3.63, 3.8) is 0 Å². The number of rotatable bonds is 5. The van der Waals surface area contributed by atoms with Crippen molar-refractivity contribution in [3.8, 4) is 0 Å². The Morgan fingerprint density at radius 2 is 2.24 bits per heavy atom. The molecule has 17 heavy (non-hydrogen) atoms. The zero-order valence-corrected chi connectivity index (χ0v) is 10.9. The van der Waals surface area contributed by atoms with Gasteiger partial charge in [-0.1, -0.05) is 24.3 Å². The maximum absolute atomic E-state index is 5.21. The average Bonchev–Trinajstić information content (AvgIpc) is 2.40. The fraction of sp³-hybridized carbons (Fsp3) is 0.600. The highest BCUT2D eigenvalue weighted by atomic mass is 16.5. The van der Waals surface area contributed by atoms with Crippen LogP contribution in [0.4, 0.5) is 0 Å². The van der Waals surface area contributed by atoms with E-state index in [9.17, 15) is 0 Å². The Hall–Kier alpha value is -0.860. The molecule has 0 heterocycles. The van der Waals surface area contributed by atoms with Gasteiger partial charge in [-0.3, -0.25) is 0 Å². The van der Waals surface area contributed by atoms with Crippen molar-refractivity contribution >= 4 is 0 Å². The molecular weight excluding hydrogens is 210 g/mol. The predicted octanol–water partition coefficient (Wildman–Crippen LogP) is 2.73. The third kappa shape index (κ3) is 2.88. The number of nitrogens with one attached hydrogen (secondary N) is 1. The molecule has 2 unspecified atom stereocenters. The lowest BCUT2D eigenvalue weighted by atomic mass is 9.78. The summed E-state index contributed by atoms with van der Waals surface area (Å²) in [7, 11) is 3.85. The zero-order chi connectivity index (χ0) is 12.1. The van der Waals surface area contributed by atoms with Gasteiger partial charge in [-0.25, -0.2) is 0 Å². The summed E-state index contributed by atoms with van der Waals surface area (Å²) in [6.07, 6.45) is 4.94. The van der Waals surface area contributed by atoms with E-state index in [1.807, 2.05) is 0 Å². The van der Waals surface area contributed by atoms with Gasteiger partial charge in [-0.2, -0.15) is 0 Å². The minimum atomic E-state index is 0.538. The van der Waals surface area contributed by atoms with Crippen LogP contribution in [0.2, 0.25) is 0 Å². The molecule has 94 valence electrons. The second-order valence-electron chi connectivity index (χ2n) is 4.87. The van der Waals surface area contributed by atoms with E-state index in [-0.39, 0.29) is 0 Å². The van der Waals surface area contributed by atoms with E-state index in [1.54, 1.807) is 18.2 Å². The number of methoxy groups -OCH3 is 1. The summed E-state index contributed by atoms with van der Waals surface area (Å²) < 4.78 is 5.21. The molecule has 1 aliphatic carbocycles. The van der Waals surface area contributed by atoms with Gasteiger partial charge in [0.15, 0.2) is 0 Å². The molecule has 1 aromatic rings. The Labute approximate surface area is 104 Å². The first-order chi connectivity index (χ1) is 8.36. The molecule has 1 N–H and O–H groups in total. The number of fused-ring (bicyclic) bond motifs is 1. The van der Waals surface area contributed by atoms with Crippen molar-refractivity contribution in [3.05, 3.63) is 35.4 Å². The summed E-state index contributed by atoms with van der Waals surface area (Å²) in [6.45, 7) is 0.837. The van der Waals surface area contributed by atoms with Crippen LogP contribution in [0.15, 0.2) is 24.3 Å². The largest absolute Gasteiger partial charge is 0.385 e. The van der Waals surface area contributed by atoms with Gasteiger partial charge < -0.3 is 10.1 Å². The lowest BCUT2D eigenvalue weighted by Gasteiger charge is -2.32. The van der Waals surface area contributed by atoms with E-state index in [0.29, 0.717) is 12.0 Å². The number of likely N-dealkylation sites (N-methyl/N-ethyl adjacent to an activating group) is 1. The highest BCUT2D eigenvalue weighted by Crippen LogP contribution is 2.34. The number of hydrogen-bond donors (Lipinski definition) is 1. The Bertz CT molecular complexity index is 351. The second kappa shape index (κ2) is 6.18. The van der Waals surface area contributed by atoms with Gasteiger partial charge in [0, 0.05) is 19.8 Å². The van der Waals surface area contributed by atoms with Gasteiger partial charge in [0.1, 0.15) is 0 Å². The molecule has 0 aliphatic heterocycles. The second-order valence-corrected chi connectivity index (χ2v) is 4.87. The summed E-state index contributed by atoms with van der Waals surface area (Å²) in [5, 5.41) is 3.47. The van der Waals surface area contributed by atoms with E-state index in [0.717, 1.165) is 13.0 Å². The fourth-order valence-corrected chi connectivity index (χ4v) is 3.00. The first-order valence-corrected chi connectivity index (χ1v) is 6.61. The highest BCUT2D eigenvalue weighted by molar-refractivity contribution is 5.33.